The van der Waals surface area contributed by atoms with Gasteiger partial charge in [0.25, 0.3) is 0 Å². The van der Waals surface area contributed by atoms with Crippen molar-refractivity contribution in [2.75, 3.05) is 12.4 Å². The zero-order valence-corrected chi connectivity index (χ0v) is 12.6. The van der Waals surface area contributed by atoms with Gasteiger partial charge in [0.15, 0.2) is 0 Å². The summed E-state index contributed by atoms with van der Waals surface area (Å²) in [5.41, 5.74) is 2.33. The molecule has 2 N–H and O–H groups in total. The Bertz CT molecular complexity index is 665. The summed E-state index contributed by atoms with van der Waals surface area (Å²) in [6.07, 6.45) is 3.33. The van der Waals surface area contributed by atoms with E-state index in [1.165, 1.54) is 10.4 Å². The molecule has 1 unspecified atom stereocenters. The Morgan fingerprint density at radius 2 is 2.29 bits per heavy atom. The number of nitrogens with one attached hydrogen (secondary N) is 1. The highest BCUT2D eigenvalue weighted by molar-refractivity contribution is 7.10. The number of aryl methyl sites for hydroxylation is 1. The Kier molecular flexibility index (Phi) is 3.84. The largest absolute Gasteiger partial charge is 0.495 e. The molecule has 1 aromatic heterocycles. The van der Waals surface area contributed by atoms with Crippen LogP contribution in [0.1, 0.15) is 39.7 Å². The maximum Gasteiger partial charge on any atom is 0.335 e. The fourth-order valence-corrected chi connectivity index (χ4v) is 3.77. The van der Waals surface area contributed by atoms with Gasteiger partial charge in [0, 0.05) is 4.88 Å². The fraction of sp³-hybridized carbons (Fsp3) is 0.312. The van der Waals surface area contributed by atoms with E-state index >= 15 is 0 Å². The van der Waals surface area contributed by atoms with Crippen molar-refractivity contribution in [3.05, 3.63) is 45.6 Å². The standard InChI is InChI=1S/C16H17NO3S/c1-20-14-6-5-10(16(18)19)9-13(14)17-12-3-2-4-15-11(12)7-8-21-15/h5-9,12,17H,2-4H2,1H3,(H,18,19). The molecule has 0 amide bonds. The molecule has 0 saturated carbocycles. The molecule has 21 heavy (non-hydrogen) atoms. The number of hydrogen-bond acceptors (Lipinski definition) is 4. The second-order valence-corrected chi connectivity index (χ2v) is 6.11. The Hall–Kier alpha value is -2.01. The summed E-state index contributed by atoms with van der Waals surface area (Å²) >= 11 is 1.79. The van der Waals surface area contributed by atoms with Crippen molar-refractivity contribution in [1.82, 2.24) is 0 Å². The number of hydrogen-bond donors (Lipinski definition) is 2. The van der Waals surface area contributed by atoms with E-state index in [-0.39, 0.29) is 11.6 Å². The molecule has 0 bridgehead atoms. The van der Waals surface area contributed by atoms with Crippen LogP contribution in [-0.2, 0) is 6.42 Å². The van der Waals surface area contributed by atoms with Gasteiger partial charge in [0.1, 0.15) is 5.75 Å². The number of carboxylic acid groups (broad SMARTS) is 1. The Morgan fingerprint density at radius 1 is 1.43 bits per heavy atom. The summed E-state index contributed by atoms with van der Waals surface area (Å²) in [5, 5.41) is 14.7. The lowest BCUT2D eigenvalue weighted by Crippen LogP contribution is -2.16. The van der Waals surface area contributed by atoms with E-state index in [1.54, 1.807) is 36.6 Å². The number of carbonyl (C=O) groups is 1. The lowest BCUT2D eigenvalue weighted by atomic mass is 9.93. The van der Waals surface area contributed by atoms with E-state index in [1.807, 2.05) is 0 Å². The van der Waals surface area contributed by atoms with Crippen LogP contribution >= 0.6 is 11.3 Å². The van der Waals surface area contributed by atoms with Crippen LogP contribution in [0.2, 0.25) is 0 Å². The van der Waals surface area contributed by atoms with Crippen molar-refractivity contribution in [2.24, 2.45) is 0 Å². The molecule has 2 aromatic rings. The second kappa shape index (κ2) is 5.77. The summed E-state index contributed by atoms with van der Waals surface area (Å²) < 4.78 is 5.34. The summed E-state index contributed by atoms with van der Waals surface area (Å²) in [6, 6.07) is 7.27. The van der Waals surface area contributed by atoms with Crippen molar-refractivity contribution in [2.45, 2.75) is 25.3 Å². The molecule has 4 nitrogen and oxygen atoms in total. The minimum Gasteiger partial charge on any atom is -0.495 e. The second-order valence-electron chi connectivity index (χ2n) is 5.11. The van der Waals surface area contributed by atoms with Crippen LogP contribution in [-0.4, -0.2) is 18.2 Å². The number of benzene rings is 1. The number of rotatable bonds is 4. The molecule has 0 radical (unpaired) electrons. The monoisotopic (exact) mass is 303 g/mol. The average molecular weight is 303 g/mol. The molecule has 1 heterocycles. The van der Waals surface area contributed by atoms with Crippen molar-refractivity contribution in [3.63, 3.8) is 0 Å². The van der Waals surface area contributed by atoms with Crippen LogP contribution in [0.15, 0.2) is 29.6 Å². The van der Waals surface area contributed by atoms with E-state index in [2.05, 4.69) is 16.8 Å². The lowest BCUT2D eigenvalue weighted by molar-refractivity contribution is 0.0697. The number of thiophene rings is 1. The predicted molar refractivity (Wildman–Crippen MR) is 83.6 cm³/mol. The number of aromatic carboxylic acids is 1. The van der Waals surface area contributed by atoms with Gasteiger partial charge in [-0.15, -0.1) is 11.3 Å². The van der Waals surface area contributed by atoms with Crippen molar-refractivity contribution >= 4 is 23.0 Å². The minimum absolute atomic E-state index is 0.220. The molecule has 1 aliphatic rings. The first-order valence-electron chi connectivity index (χ1n) is 6.93. The number of anilines is 1. The first-order valence-corrected chi connectivity index (χ1v) is 7.81. The van der Waals surface area contributed by atoms with Gasteiger partial charge in [-0.25, -0.2) is 4.79 Å². The van der Waals surface area contributed by atoms with Crippen LogP contribution in [0.4, 0.5) is 5.69 Å². The van der Waals surface area contributed by atoms with E-state index < -0.39 is 5.97 Å². The highest BCUT2D eigenvalue weighted by atomic mass is 32.1. The highest BCUT2D eigenvalue weighted by Crippen LogP contribution is 2.37. The first kappa shape index (κ1) is 13.9. The summed E-state index contributed by atoms with van der Waals surface area (Å²) in [7, 11) is 1.60. The third-order valence-corrected chi connectivity index (χ3v) is 4.82. The molecule has 1 atom stereocenters. The highest BCUT2D eigenvalue weighted by Gasteiger charge is 2.22. The zero-order valence-electron chi connectivity index (χ0n) is 11.8. The van der Waals surface area contributed by atoms with Crippen molar-refractivity contribution in [1.29, 1.82) is 0 Å². The number of carboxylic acids is 1. The van der Waals surface area contributed by atoms with Crippen LogP contribution in [0.25, 0.3) is 0 Å². The lowest BCUT2D eigenvalue weighted by Gasteiger charge is -2.25. The number of methoxy groups -OCH3 is 1. The normalized spacial score (nSPS) is 17.1. The third-order valence-electron chi connectivity index (χ3n) is 3.83. The van der Waals surface area contributed by atoms with Crippen LogP contribution in [0, 0.1) is 0 Å². The van der Waals surface area contributed by atoms with E-state index in [0.29, 0.717) is 5.75 Å². The van der Waals surface area contributed by atoms with E-state index in [9.17, 15) is 4.79 Å². The van der Waals surface area contributed by atoms with Gasteiger partial charge in [-0.1, -0.05) is 0 Å². The molecular weight excluding hydrogens is 286 g/mol. The molecule has 5 heteroatoms. The Morgan fingerprint density at radius 3 is 3.05 bits per heavy atom. The summed E-state index contributed by atoms with van der Waals surface area (Å²) in [4.78, 5) is 12.6. The van der Waals surface area contributed by atoms with Gasteiger partial charge in [0.05, 0.1) is 24.4 Å². The number of fused-ring (bicyclic) bond motifs is 1. The molecule has 0 fully saturated rings. The van der Waals surface area contributed by atoms with Gasteiger partial charge in [-0.2, -0.15) is 0 Å². The Balaban J connectivity index is 1.91. The molecule has 1 aliphatic carbocycles. The van der Waals surface area contributed by atoms with Gasteiger partial charge < -0.3 is 15.2 Å². The average Bonchev–Trinajstić information content (AvgIpc) is 2.96. The molecule has 0 spiro atoms. The van der Waals surface area contributed by atoms with Crippen molar-refractivity contribution < 1.29 is 14.6 Å². The van der Waals surface area contributed by atoms with Gasteiger partial charge >= 0.3 is 5.97 Å². The SMILES string of the molecule is COc1ccc(C(=O)O)cc1NC1CCCc2sccc21. The molecular formula is C16H17NO3S. The van der Waals surface area contributed by atoms with Crippen molar-refractivity contribution in [3.8, 4) is 5.75 Å². The van der Waals surface area contributed by atoms with Crippen LogP contribution < -0.4 is 10.1 Å². The zero-order chi connectivity index (χ0) is 14.8. The van der Waals surface area contributed by atoms with E-state index in [4.69, 9.17) is 9.84 Å². The summed E-state index contributed by atoms with van der Waals surface area (Å²) in [5.74, 6) is -0.261. The fourth-order valence-electron chi connectivity index (χ4n) is 2.78. The Labute approximate surface area is 127 Å². The first-order chi connectivity index (χ1) is 10.2. The molecule has 0 aliphatic heterocycles. The van der Waals surface area contributed by atoms with Crippen LogP contribution in [0.3, 0.4) is 0 Å². The summed E-state index contributed by atoms with van der Waals surface area (Å²) in [6.45, 7) is 0. The molecule has 0 saturated heterocycles. The maximum absolute atomic E-state index is 11.1. The topological polar surface area (TPSA) is 58.6 Å². The van der Waals surface area contributed by atoms with Gasteiger partial charge in [0.2, 0.25) is 0 Å². The minimum atomic E-state index is -0.930. The quantitative estimate of drug-likeness (QED) is 0.898. The molecule has 110 valence electrons. The molecule has 1 aromatic carbocycles. The number of ether oxygens (including phenoxy) is 1. The maximum atomic E-state index is 11.1. The van der Waals surface area contributed by atoms with Gasteiger partial charge in [-0.05, 0) is 54.5 Å². The predicted octanol–water partition coefficient (Wildman–Crippen LogP) is 3.94. The van der Waals surface area contributed by atoms with Gasteiger partial charge in [-0.3, -0.25) is 0 Å². The molecule has 3 rings (SSSR count). The van der Waals surface area contributed by atoms with Crippen LogP contribution in [0.5, 0.6) is 5.75 Å². The smallest absolute Gasteiger partial charge is 0.335 e. The van der Waals surface area contributed by atoms with E-state index in [0.717, 1.165) is 24.9 Å². The third kappa shape index (κ3) is 2.74.